The van der Waals surface area contributed by atoms with Gasteiger partial charge in [-0.2, -0.15) is 5.10 Å². The Bertz CT molecular complexity index is 1040. The van der Waals surface area contributed by atoms with Crippen molar-refractivity contribution in [2.75, 3.05) is 0 Å². The Balaban J connectivity index is 1.75. The van der Waals surface area contributed by atoms with Crippen LogP contribution in [0.15, 0.2) is 82.4 Å². The SMILES string of the molecule is O=C(Oc1ccc(Br)cc1C=NNC(=O)c1ccccc1O)c1ccccc1. The van der Waals surface area contributed by atoms with Crippen molar-refractivity contribution in [2.45, 2.75) is 0 Å². The fraction of sp³-hybridized carbons (Fsp3) is 0. The summed E-state index contributed by atoms with van der Waals surface area (Å²) in [6.45, 7) is 0. The summed E-state index contributed by atoms with van der Waals surface area (Å²) in [6.07, 6.45) is 1.36. The highest BCUT2D eigenvalue weighted by atomic mass is 79.9. The number of hydrogen-bond donors (Lipinski definition) is 2. The molecule has 6 nitrogen and oxygen atoms in total. The molecule has 0 bridgehead atoms. The third-order valence-electron chi connectivity index (χ3n) is 3.70. The second kappa shape index (κ2) is 8.96. The molecule has 0 saturated carbocycles. The first-order chi connectivity index (χ1) is 13.5. The molecule has 3 aromatic carbocycles. The molecule has 0 spiro atoms. The number of hydrazone groups is 1. The van der Waals surface area contributed by atoms with Gasteiger partial charge in [0, 0.05) is 10.0 Å². The maximum absolute atomic E-state index is 12.3. The molecular weight excluding hydrogens is 424 g/mol. The summed E-state index contributed by atoms with van der Waals surface area (Å²) < 4.78 is 6.19. The first-order valence-corrected chi connectivity index (χ1v) is 9.02. The highest BCUT2D eigenvalue weighted by molar-refractivity contribution is 9.10. The van der Waals surface area contributed by atoms with Crippen LogP contribution in [0.25, 0.3) is 0 Å². The van der Waals surface area contributed by atoms with E-state index in [9.17, 15) is 14.7 Å². The summed E-state index contributed by atoms with van der Waals surface area (Å²) in [6, 6.07) is 19.8. The van der Waals surface area contributed by atoms with Gasteiger partial charge >= 0.3 is 5.97 Å². The number of nitrogens with zero attached hydrogens (tertiary/aromatic N) is 1. The zero-order chi connectivity index (χ0) is 19.9. The molecule has 0 aliphatic carbocycles. The number of rotatable bonds is 5. The van der Waals surface area contributed by atoms with E-state index in [1.165, 1.54) is 18.3 Å². The van der Waals surface area contributed by atoms with Crippen LogP contribution in [-0.4, -0.2) is 23.2 Å². The smallest absolute Gasteiger partial charge is 0.343 e. The number of benzene rings is 3. The summed E-state index contributed by atoms with van der Waals surface area (Å²) in [4.78, 5) is 24.4. The largest absolute Gasteiger partial charge is 0.507 e. The van der Waals surface area contributed by atoms with E-state index in [0.29, 0.717) is 11.1 Å². The van der Waals surface area contributed by atoms with Crippen LogP contribution in [0.3, 0.4) is 0 Å². The van der Waals surface area contributed by atoms with Crippen LogP contribution in [0.5, 0.6) is 11.5 Å². The van der Waals surface area contributed by atoms with Gasteiger partial charge in [-0.3, -0.25) is 4.79 Å². The Kier molecular flexibility index (Phi) is 6.18. The second-order valence-corrected chi connectivity index (χ2v) is 6.57. The van der Waals surface area contributed by atoms with Crippen LogP contribution < -0.4 is 10.2 Å². The highest BCUT2D eigenvalue weighted by Crippen LogP contribution is 2.23. The Morgan fingerprint density at radius 2 is 1.71 bits per heavy atom. The number of carbonyl (C=O) groups excluding carboxylic acids is 2. The topological polar surface area (TPSA) is 88.0 Å². The molecule has 3 aromatic rings. The predicted octanol–water partition coefficient (Wildman–Crippen LogP) is 4.14. The quantitative estimate of drug-likeness (QED) is 0.271. The number of aromatic hydroxyl groups is 1. The molecular formula is C21H15BrN2O4. The molecule has 0 saturated heterocycles. The molecule has 0 unspecified atom stereocenters. The Morgan fingerprint density at radius 3 is 2.46 bits per heavy atom. The molecule has 2 N–H and O–H groups in total. The van der Waals surface area contributed by atoms with Gasteiger partial charge in [0.1, 0.15) is 11.5 Å². The average Bonchev–Trinajstić information content (AvgIpc) is 2.70. The van der Waals surface area contributed by atoms with Gasteiger partial charge in [-0.1, -0.05) is 46.3 Å². The van der Waals surface area contributed by atoms with Crippen molar-refractivity contribution < 1.29 is 19.4 Å². The minimum Gasteiger partial charge on any atom is -0.507 e. The average molecular weight is 439 g/mol. The monoisotopic (exact) mass is 438 g/mol. The van der Waals surface area contributed by atoms with E-state index in [2.05, 4.69) is 26.5 Å². The van der Waals surface area contributed by atoms with Gasteiger partial charge in [0.05, 0.1) is 17.3 Å². The second-order valence-electron chi connectivity index (χ2n) is 5.65. The lowest BCUT2D eigenvalue weighted by Gasteiger charge is -2.08. The lowest BCUT2D eigenvalue weighted by atomic mass is 10.2. The van der Waals surface area contributed by atoms with Gasteiger partial charge in [0.25, 0.3) is 5.91 Å². The van der Waals surface area contributed by atoms with Crippen LogP contribution in [0, 0.1) is 0 Å². The van der Waals surface area contributed by atoms with Crippen LogP contribution in [0.1, 0.15) is 26.3 Å². The van der Waals surface area contributed by atoms with Crippen LogP contribution in [-0.2, 0) is 0 Å². The van der Waals surface area contributed by atoms with Crippen molar-refractivity contribution in [2.24, 2.45) is 5.10 Å². The lowest BCUT2D eigenvalue weighted by molar-refractivity contribution is 0.0734. The van der Waals surface area contributed by atoms with Gasteiger partial charge in [-0.15, -0.1) is 0 Å². The number of phenolic OH excluding ortho intramolecular Hbond substituents is 1. The number of para-hydroxylation sites is 1. The first-order valence-electron chi connectivity index (χ1n) is 8.23. The summed E-state index contributed by atoms with van der Waals surface area (Å²) in [7, 11) is 0. The maximum Gasteiger partial charge on any atom is 0.343 e. The van der Waals surface area contributed by atoms with Gasteiger partial charge in [0.15, 0.2) is 0 Å². The van der Waals surface area contributed by atoms with E-state index in [1.807, 2.05) is 6.07 Å². The molecule has 0 radical (unpaired) electrons. The molecule has 0 heterocycles. The van der Waals surface area contributed by atoms with Crippen molar-refractivity contribution in [1.82, 2.24) is 5.43 Å². The molecule has 0 aliphatic heterocycles. The van der Waals surface area contributed by atoms with Crippen molar-refractivity contribution in [3.63, 3.8) is 0 Å². The third kappa shape index (κ3) is 4.83. The number of nitrogens with one attached hydrogen (secondary N) is 1. The molecule has 140 valence electrons. The summed E-state index contributed by atoms with van der Waals surface area (Å²) in [5.41, 5.74) is 3.34. The van der Waals surface area contributed by atoms with Crippen molar-refractivity contribution in [3.8, 4) is 11.5 Å². The van der Waals surface area contributed by atoms with E-state index in [0.717, 1.165) is 4.47 Å². The number of esters is 1. The summed E-state index contributed by atoms with van der Waals surface area (Å²) in [5.74, 6) is -0.921. The number of phenols is 1. The minimum absolute atomic E-state index is 0.102. The zero-order valence-electron chi connectivity index (χ0n) is 14.5. The Labute approximate surface area is 169 Å². The van der Waals surface area contributed by atoms with Gasteiger partial charge in [0.2, 0.25) is 0 Å². The van der Waals surface area contributed by atoms with E-state index in [-0.39, 0.29) is 17.1 Å². The van der Waals surface area contributed by atoms with Gasteiger partial charge in [-0.25, -0.2) is 10.2 Å². The predicted molar refractivity (Wildman–Crippen MR) is 109 cm³/mol. The molecule has 28 heavy (non-hydrogen) atoms. The fourth-order valence-corrected chi connectivity index (χ4v) is 2.71. The van der Waals surface area contributed by atoms with Crippen LogP contribution in [0.4, 0.5) is 0 Å². The summed E-state index contributed by atoms with van der Waals surface area (Å²) >= 11 is 3.35. The highest BCUT2D eigenvalue weighted by Gasteiger charge is 2.12. The van der Waals surface area contributed by atoms with E-state index >= 15 is 0 Å². The zero-order valence-corrected chi connectivity index (χ0v) is 16.1. The Hall–Kier alpha value is -3.45. The van der Waals surface area contributed by atoms with E-state index in [4.69, 9.17) is 4.74 Å². The van der Waals surface area contributed by atoms with Crippen molar-refractivity contribution >= 4 is 34.0 Å². The number of hydrogen-bond acceptors (Lipinski definition) is 5. The molecule has 7 heteroatoms. The van der Waals surface area contributed by atoms with E-state index in [1.54, 1.807) is 54.6 Å². The van der Waals surface area contributed by atoms with Crippen LogP contribution >= 0.6 is 15.9 Å². The van der Waals surface area contributed by atoms with E-state index < -0.39 is 11.9 Å². The summed E-state index contributed by atoms with van der Waals surface area (Å²) in [5, 5.41) is 13.6. The first kappa shape index (κ1) is 19.3. The molecule has 0 atom stereocenters. The molecule has 0 aliphatic rings. The number of amides is 1. The van der Waals surface area contributed by atoms with Gasteiger partial charge < -0.3 is 9.84 Å². The molecule has 3 rings (SSSR count). The van der Waals surface area contributed by atoms with Crippen molar-refractivity contribution in [3.05, 3.63) is 94.0 Å². The van der Waals surface area contributed by atoms with Gasteiger partial charge in [-0.05, 0) is 42.5 Å². The third-order valence-corrected chi connectivity index (χ3v) is 4.20. The maximum atomic E-state index is 12.3. The molecule has 1 amide bonds. The number of carbonyl (C=O) groups is 2. The van der Waals surface area contributed by atoms with Crippen LogP contribution in [0.2, 0.25) is 0 Å². The fourth-order valence-electron chi connectivity index (χ4n) is 2.33. The normalized spacial score (nSPS) is 10.6. The number of ether oxygens (including phenoxy) is 1. The minimum atomic E-state index is -0.563. The molecule has 0 aromatic heterocycles. The standard InChI is InChI=1S/C21H15BrN2O4/c22-16-10-11-19(28-21(27)14-6-2-1-3-7-14)15(12-16)13-23-24-20(26)17-8-4-5-9-18(17)25/h1-13,25H,(H,24,26). The lowest BCUT2D eigenvalue weighted by Crippen LogP contribution is -2.17. The van der Waals surface area contributed by atoms with Crippen molar-refractivity contribution in [1.29, 1.82) is 0 Å². The number of halogens is 1. The molecule has 0 fully saturated rings. The Morgan fingerprint density at radius 1 is 1.00 bits per heavy atom.